The van der Waals surface area contributed by atoms with Crippen LogP contribution < -0.4 is 0 Å². The molecule has 1 rings (SSSR count). The molecule has 7 heteroatoms. The molecule has 0 aromatic carbocycles. The van der Waals surface area contributed by atoms with E-state index in [0.717, 1.165) is 0 Å². The van der Waals surface area contributed by atoms with Crippen LogP contribution in [0.5, 0.6) is 0 Å². The van der Waals surface area contributed by atoms with E-state index in [-0.39, 0.29) is 25.9 Å². The number of cyclic esters (lactones) is 4. The van der Waals surface area contributed by atoms with Gasteiger partial charge in [0.2, 0.25) is 0 Å². The molecule has 1 aliphatic heterocycles. The van der Waals surface area contributed by atoms with Crippen molar-refractivity contribution in [3.8, 4) is 0 Å². The standard InChI is InChI=1S/C10H12O7/c11-4-3-6-5-9(14)16-7(12)1-2-8(13)17-10(6)15/h6,11H,1-5H2. The van der Waals surface area contributed by atoms with Crippen LogP contribution in [0.3, 0.4) is 0 Å². The number of rotatable bonds is 2. The Bertz CT molecular complexity index is 347. The third kappa shape index (κ3) is 4.31. The topological polar surface area (TPSA) is 107 Å². The summed E-state index contributed by atoms with van der Waals surface area (Å²) >= 11 is 0. The predicted octanol–water partition coefficient (Wildman–Crippen LogP) is -0.692. The summed E-state index contributed by atoms with van der Waals surface area (Å²) in [7, 11) is 0. The summed E-state index contributed by atoms with van der Waals surface area (Å²) < 4.78 is 8.82. The number of aliphatic hydroxyl groups excluding tert-OH is 1. The van der Waals surface area contributed by atoms with Gasteiger partial charge >= 0.3 is 23.9 Å². The lowest BCUT2D eigenvalue weighted by Crippen LogP contribution is -2.28. The molecule has 7 nitrogen and oxygen atoms in total. The van der Waals surface area contributed by atoms with E-state index in [2.05, 4.69) is 9.47 Å². The lowest BCUT2D eigenvalue weighted by atomic mass is 10.0. The molecule has 0 radical (unpaired) electrons. The van der Waals surface area contributed by atoms with Gasteiger partial charge in [0.15, 0.2) is 0 Å². The molecule has 0 aliphatic carbocycles. The van der Waals surface area contributed by atoms with Gasteiger partial charge in [-0.2, -0.15) is 0 Å². The van der Waals surface area contributed by atoms with Gasteiger partial charge < -0.3 is 14.6 Å². The van der Waals surface area contributed by atoms with E-state index in [0.29, 0.717) is 0 Å². The smallest absolute Gasteiger partial charge is 0.317 e. The van der Waals surface area contributed by atoms with Gasteiger partial charge in [-0.1, -0.05) is 0 Å². The Hall–Kier alpha value is -1.76. The fourth-order valence-corrected chi connectivity index (χ4v) is 1.33. The highest BCUT2D eigenvalue weighted by Crippen LogP contribution is 2.14. The minimum atomic E-state index is -0.970. The van der Waals surface area contributed by atoms with E-state index in [1.807, 2.05) is 0 Å². The maximum absolute atomic E-state index is 11.4. The van der Waals surface area contributed by atoms with Crippen LogP contribution in [-0.2, 0) is 28.7 Å². The molecule has 1 saturated heterocycles. The quantitative estimate of drug-likeness (QED) is 0.506. The molecule has 1 aliphatic rings. The third-order valence-electron chi connectivity index (χ3n) is 2.20. The Morgan fingerprint density at radius 3 is 2.18 bits per heavy atom. The summed E-state index contributed by atoms with van der Waals surface area (Å²) in [4.78, 5) is 44.7. The van der Waals surface area contributed by atoms with Gasteiger partial charge in [-0.25, -0.2) is 0 Å². The Morgan fingerprint density at radius 2 is 1.59 bits per heavy atom. The first-order valence-corrected chi connectivity index (χ1v) is 5.12. The van der Waals surface area contributed by atoms with Gasteiger partial charge in [0.05, 0.1) is 25.2 Å². The van der Waals surface area contributed by atoms with Crippen LogP contribution in [0.4, 0.5) is 0 Å². The first-order valence-electron chi connectivity index (χ1n) is 5.12. The maximum Gasteiger partial charge on any atom is 0.317 e. The molecule has 94 valence electrons. The average Bonchev–Trinajstić information content (AvgIpc) is 2.24. The molecule has 0 aromatic heterocycles. The molecule has 1 fully saturated rings. The van der Waals surface area contributed by atoms with Crippen LogP contribution in [-0.4, -0.2) is 35.6 Å². The normalized spacial score (nSPS) is 23.0. The van der Waals surface area contributed by atoms with Crippen LogP contribution >= 0.6 is 0 Å². The van der Waals surface area contributed by atoms with Crippen molar-refractivity contribution in [2.75, 3.05) is 6.61 Å². The second-order valence-electron chi connectivity index (χ2n) is 3.55. The van der Waals surface area contributed by atoms with Gasteiger partial charge in [-0.05, 0) is 6.42 Å². The molecule has 0 spiro atoms. The van der Waals surface area contributed by atoms with Crippen molar-refractivity contribution >= 4 is 23.9 Å². The van der Waals surface area contributed by atoms with Crippen molar-refractivity contribution in [2.45, 2.75) is 25.7 Å². The molecule has 1 atom stereocenters. The number of hydrogen-bond donors (Lipinski definition) is 1. The number of carbonyl (C=O) groups excluding carboxylic acids is 4. The highest BCUT2D eigenvalue weighted by atomic mass is 16.6. The molecule has 0 saturated carbocycles. The molecule has 1 N–H and O–H groups in total. The first kappa shape index (κ1) is 13.3. The van der Waals surface area contributed by atoms with E-state index in [1.54, 1.807) is 0 Å². The summed E-state index contributed by atoms with van der Waals surface area (Å²) in [5.41, 5.74) is 0. The van der Waals surface area contributed by atoms with Crippen LogP contribution in [0, 0.1) is 5.92 Å². The lowest BCUT2D eigenvalue weighted by molar-refractivity contribution is -0.171. The van der Waals surface area contributed by atoms with E-state index < -0.39 is 36.2 Å². The highest BCUT2D eigenvalue weighted by Gasteiger charge is 2.28. The van der Waals surface area contributed by atoms with Gasteiger partial charge in [-0.3, -0.25) is 19.2 Å². The average molecular weight is 244 g/mol. The van der Waals surface area contributed by atoms with Crippen molar-refractivity contribution in [2.24, 2.45) is 5.92 Å². The molecule has 0 amide bonds. The van der Waals surface area contributed by atoms with Crippen LogP contribution in [0.15, 0.2) is 0 Å². The number of ether oxygens (including phenoxy) is 2. The van der Waals surface area contributed by atoms with Gasteiger partial charge in [0, 0.05) is 6.61 Å². The lowest BCUT2D eigenvalue weighted by Gasteiger charge is -2.14. The van der Waals surface area contributed by atoms with Crippen molar-refractivity contribution in [1.82, 2.24) is 0 Å². The molecular formula is C10H12O7. The summed E-state index contributed by atoms with van der Waals surface area (Å²) in [5.74, 6) is -4.38. The Balaban J connectivity index is 2.76. The van der Waals surface area contributed by atoms with Crippen molar-refractivity contribution in [3.63, 3.8) is 0 Å². The summed E-state index contributed by atoms with van der Waals surface area (Å²) in [6.07, 6.45) is -1.04. The van der Waals surface area contributed by atoms with Crippen LogP contribution in [0.2, 0.25) is 0 Å². The Morgan fingerprint density at radius 1 is 1.00 bits per heavy atom. The zero-order valence-electron chi connectivity index (χ0n) is 9.01. The third-order valence-corrected chi connectivity index (χ3v) is 2.20. The number of aliphatic hydroxyl groups is 1. The SMILES string of the molecule is O=C1CCC(=O)OC(=O)C(CCO)CC(=O)O1. The van der Waals surface area contributed by atoms with Crippen LogP contribution in [0.1, 0.15) is 25.7 Å². The van der Waals surface area contributed by atoms with Gasteiger partial charge in [-0.15, -0.1) is 0 Å². The fourth-order valence-electron chi connectivity index (χ4n) is 1.33. The first-order chi connectivity index (χ1) is 8.02. The largest absolute Gasteiger partial charge is 0.396 e. The van der Waals surface area contributed by atoms with E-state index in [4.69, 9.17) is 5.11 Å². The zero-order valence-corrected chi connectivity index (χ0v) is 9.01. The second-order valence-corrected chi connectivity index (χ2v) is 3.55. The molecule has 1 unspecified atom stereocenters. The van der Waals surface area contributed by atoms with E-state index in [1.165, 1.54) is 0 Å². The number of hydrogen-bond acceptors (Lipinski definition) is 7. The Labute approximate surface area is 96.7 Å². The Kier molecular flexibility index (Phi) is 4.77. The summed E-state index contributed by atoms with van der Waals surface area (Å²) in [5, 5.41) is 8.72. The summed E-state index contributed by atoms with van der Waals surface area (Å²) in [6.45, 7) is -0.338. The number of carbonyl (C=O) groups is 4. The number of esters is 4. The van der Waals surface area contributed by atoms with Crippen molar-refractivity contribution in [3.05, 3.63) is 0 Å². The molecule has 17 heavy (non-hydrogen) atoms. The van der Waals surface area contributed by atoms with Gasteiger partial charge in [0.25, 0.3) is 0 Å². The molecule has 0 bridgehead atoms. The molecule has 0 aromatic rings. The van der Waals surface area contributed by atoms with Crippen molar-refractivity contribution in [1.29, 1.82) is 0 Å². The fraction of sp³-hybridized carbons (Fsp3) is 0.600. The second kappa shape index (κ2) is 6.09. The van der Waals surface area contributed by atoms with E-state index in [9.17, 15) is 19.2 Å². The zero-order chi connectivity index (χ0) is 12.8. The van der Waals surface area contributed by atoms with Gasteiger partial charge in [0.1, 0.15) is 0 Å². The maximum atomic E-state index is 11.4. The predicted molar refractivity (Wildman–Crippen MR) is 51.2 cm³/mol. The highest BCUT2D eigenvalue weighted by molar-refractivity contribution is 5.94. The minimum absolute atomic E-state index is 0.0323. The van der Waals surface area contributed by atoms with Crippen molar-refractivity contribution < 1.29 is 33.8 Å². The summed E-state index contributed by atoms with van der Waals surface area (Å²) in [6, 6.07) is 0. The van der Waals surface area contributed by atoms with E-state index >= 15 is 0 Å². The monoisotopic (exact) mass is 244 g/mol. The minimum Gasteiger partial charge on any atom is -0.396 e. The molecular weight excluding hydrogens is 232 g/mol. The van der Waals surface area contributed by atoms with Crippen LogP contribution in [0.25, 0.3) is 0 Å². The molecule has 1 heterocycles.